The van der Waals surface area contributed by atoms with Crippen LogP contribution in [-0.4, -0.2) is 22.0 Å². The van der Waals surface area contributed by atoms with Gasteiger partial charge in [0.1, 0.15) is 0 Å². The summed E-state index contributed by atoms with van der Waals surface area (Å²) in [7, 11) is 0. The molecule has 0 bridgehead atoms. The lowest BCUT2D eigenvalue weighted by Crippen LogP contribution is -2.18. The molecule has 0 aromatic heterocycles. The average molecular weight is 307 g/mol. The van der Waals surface area contributed by atoms with Gasteiger partial charge in [-0.3, -0.25) is 4.79 Å². The summed E-state index contributed by atoms with van der Waals surface area (Å²) in [6.45, 7) is 4.48. The van der Waals surface area contributed by atoms with Gasteiger partial charge in [-0.1, -0.05) is 32.0 Å². The number of anilines is 1. The number of hydrogen-bond donors (Lipinski definition) is 1. The fourth-order valence-electron chi connectivity index (χ4n) is 3.14. The van der Waals surface area contributed by atoms with E-state index in [0.717, 1.165) is 5.69 Å². The smallest absolute Gasteiger partial charge is 0.228 e. The molecule has 2 fully saturated rings. The second kappa shape index (κ2) is 5.64. The molecule has 1 aliphatic heterocycles. The second-order valence-electron chi connectivity index (χ2n) is 6.14. The summed E-state index contributed by atoms with van der Waals surface area (Å²) in [5, 5.41) is 3.07. The van der Waals surface area contributed by atoms with Crippen molar-refractivity contribution in [1.29, 1.82) is 0 Å². The van der Waals surface area contributed by atoms with E-state index in [4.69, 9.17) is 0 Å². The minimum atomic E-state index is 0.140. The van der Waals surface area contributed by atoms with E-state index in [-0.39, 0.29) is 17.2 Å². The molecule has 2 nitrogen and oxygen atoms in total. The maximum Gasteiger partial charge on any atom is 0.228 e. The highest BCUT2D eigenvalue weighted by molar-refractivity contribution is 8.17. The zero-order valence-corrected chi connectivity index (χ0v) is 13.6. The van der Waals surface area contributed by atoms with Gasteiger partial charge >= 0.3 is 0 Å². The third-order valence-electron chi connectivity index (χ3n) is 4.38. The van der Waals surface area contributed by atoms with Crippen LogP contribution >= 0.6 is 23.5 Å². The minimum absolute atomic E-state index is 0.140. The molecule has 1 N–H and O–H groups in total. The predicted octanol–water partition coefficient (Wildman–Crippen LogP) is 4.09. The zero-order valence-electron chi connectivity index (χ0n) is 12.0. The number of benzene rings is 1. The molecule has 2 aliphatic rings. The molecule has 108 valence electrons. The summed E-state index contributed by atoms with van der Waals surface area (Å²) in [5.74, 6) is 3.36. The summed E-state index contributed by atoms with van der Waals surface area (Å²) >= 11 is 4.09. The maximum atomic E-state index is 12.5. The van der Waals surface area contributed by atoms with Gasteiger partial charge in [0.15, 0.2) is 0 Å². The molecule has 1 aromatic carbocycles. The molecule has 1 aliphatic carbocycles. The van der Waals surface area contributed by atoms with Crippen molar-refractivity contribution in [2.75, 3.05) is 16.8 Å². The number of thioether (sulfide) groups is 2. The van der Waals surface area contributed by atoms with E-state index in [1.807, 2.05) is 53.9 Å². The van der Waals surface area contributed by atoms with Gasteiger partial charge in [-0.2, -0.15) is 0 Å². The summed E-state index contributed by atoms with van der Waals surface area (Å²) in [4.78, 5) is 12.5. The molecule has 1 amide bonds. The summed E-state index contributed by atoms with van der Waals surface area (Å²) < 4.78 is 0.602. The highest BCUT2D eigenvalue weighted by Gasteiger charge is 2.64. The van der Waals surface area contributed by atoms with Crippen LogP contribution in [-0.2, 0) is 4.79 Å². The van der Waals surface area contributed by atoms with Crippen LogP contribution in [0.5, 0.6) is 0 Å². The van der Waals surface area contributed by atoms with Gasteiger partial charge in [0.05, 0.1) is 4.58 Å². The number of para-hydroxylation sites is 1. The first-order valence-electron chi connectivity index (χ1n) is 7.20. The SMILES string of the molecule is CC1(C)[C@H](C(=O)Nc2ccccc2)[C@@H]1C1SCCCS1. The summed E-state index contributed by atoms with van der Waals surface area (Å²) in [6, 6.07) is 9.78. The van der Waals surface area contributed by atoms with Crippen LogP contribution in [0.15, 0.2) is 30.3 Å². The minimum Gasteiger partial charge on any atom is -0.326 e. The molecule has 1 saturated carbocycles. The van der Waals surface area contributed by atoms with Crippen LogP contribution in [0.2, 0.25) is 0 Å². The Labute approximate surface area is 129 Å². The number of carbonyl (C=O) groups is 1. The van der Waals surface area contributed by atoms with E-state index in [2.05, 4.69) is 19.2 Å². The Morgan fingerprint density at radius 1 is 1.20 bits per heavy atom. The number of nitrogens with one attached hydrogen (secondary N) is 1. The first-order chi connectivity index (χ1) is 9.60. The van der Waals surface area contributed by atoms with Crippen LogP contribution in [0.3, 0.4) is 0 Å². The quantitative estimate of drug-likeness (QED) is 0.912. The molecule has 0 spiro atoms. The second-order valence-corrected chi connectivity index (χ2v) is 8.94. The van der Waals surface area contributed by atoms with E-state index in [1.165, 1.54) is 17.9 Å². The lowest BCUT2D eigenvalue weighted by atomic mass is 10.1. The van der Waals surface area contributed by atoms with Crippen molar-refractivity contribution in [2.24, 2.45) is 17.3 Å². The van der Waals surface area contributed by atoms with Crippen molar-refractivity contribution in [3.8, 4) is 0 Å². The van der Waals surface area contributed by atoms with Gasteiger partial charge in [0, 0.05) is 11.6 Å². The van der Waals surface area contributed by atoms with E-state index >= 15 is 0 Å². The van der Waals surface area contributed by atoms with Gasteiger partial charge in [0.2, 0.25) is 5.91 Å². The van der Waals surface area contributed by atoms with Crippen LogP contribution < -0.4 is 5.32 Å². The Morgan fingerprint density at radius 3 is 2.50 bits per heavy atom. The Hall–Kier alpha value is -0.610. The van der Waals surface area contributed by atoms with E-state index in [0.29, 0.717) is 10.5 Å². The number of hydrogen-bond acceptors (Lipinski definition) is 3. The first-order valence-corrected chi connectivity index (χ1v) is 9.29. The number of amides is 1. The molecule has 2 atom stereocenters. The molecule has 0 unspecified atom stereocenters. The summed E-state index contributed by atoms with van der Waals surface area (Å²) in [5.41, 5.74) is 1.05. The van der Waals surface area contributed by atoms with Crippen molar-refractivity contribution in [3.63, 3.8) is 0 Å². The molecule has 0 radical (unpaired) electrons. The Bertz CT molecular complexity index is 483. The zero-order chi connectivity index (χ0) is 14.2. The van der Waals surface area contributed by atoms with Crippen molar-refractivity contribution in [3.05, 3.63) is 30.3 Å². The molecule has 1 heterocycles. The third-order valence-corrected chi connectivity index (χ3v) is 7.49. The van der Waals surface area contributed by atoms with E-state index < -0.39 is 0 Å². The normalized spacial score (nSPS) is 28.9. The largest absolute Gasteiger partial charge is 0.326 e. The highest BCUT2D eigenvalue weighted by Crippen LogP contribution is 2.65. The summed E-state index contributed by atoms with van der Waals surface area (Å²) in [6.07, 6.45) is 1.31. The fraction of sp³-hybridized carbons (Fsp3) is 0.562. The Balaban J connectivity index is 1.66. The van der Waals surface area contributed by atoms with Gasteiger partial charge in [-0.25, -0.2) is 0 Å². The topological polar surface area (TPSA) is 29.1 Å². The Morgan fingerprint density at radius 2 is 1.85 bits per heavy atom. The third kappa shape index (κ3) is 2.73. The lowest BCUT2D eigenvalue weighted by Gasteiger charge is -2.22. The molecule has 3 rings (SSSR count). The molecule has 4 heteroatoms. The molecular formula is C16H21NOS2. The monoisotopic (exact) mass is 307 g/mol. The van der Waals surface area contributed by atoms with E-state index in [1.54, 1.807) is 0 Å². The predicted molar refractivity (Wildman–Crippen MR) is 89.2 cm³/mol. The first kappa shape index (κ1) is 14.3. The van der Waals surface area contributed by atoms with Crippen LogP contribution in [0.4, 0.5) is 5.69 Å². The van der Waals surface area contributed by atoms with Crippen molar-refractivity contribution in [1.82, 2.24) is 0 Å². The van der Waals surface area contributed by atoms with Gasteiger partial charge in [-0.15, -0.1) is 23.5 Å². The number of rotatable bonds is 3. The highest BCUT2D eigenvalue weighted by atomic mass is 32.2. The van der Waals surface area contributed by atoms with Crippen molar-refractivity contribution >= 4 is 35.1 Å². The van der Waals surface area contributed by atoms with Crippen molar-refractivity contribution < 1.29 is 4.79 Å². The molecule has 1 aromatic rings. The van der Waals surface area contributed by atoms with Gasteiger partial charge in [-0.05, 0) is 41.4 Å². The van der Waals surface area contributed by atoms with Crippen LogP contribution in [0.1, 0.15) is 20.3 Å². The molecule has 20 heavy (non-hydrogen) atoms. The lowest BCUT2D eigenvalue weighted by molar-refractivity contribution is -0.118. The van der Waals surface area contributed by atoms with Crippen LogP contribution in [0, 0.1) is 17.3 Å². The van der Waals surface area contributed by atoms with E-state index in [9.17, 15) is 4.79 Å². The maximum absolute atomic E-state index is 12.5. The standard InChI is InChI=1S/C16H21NOS2/c1-16(2)12(13(16)15-19-9-6-10-20-15)14(18)17-11-7-4-3-5-8-11/h3-5,7-8,12-13,15H,6,9-10H2,1-2H3,(H,17,18)/t12-,13+/m0/s1. The average Bonchev–Trinajstić information content (AvgIpc) is 3.04. The molecule has 1 saturated heterocycles. The van der Waals surface area contributed by atoms with Crippen molar-refractivity contribution in [2.45, 2.75) is 24.9 Å². The van der Waals surface area contributed by atoms with Crippen LogP contribution in [0.25, 0.3) is 0 Å². The van der Waals surface area contributed by atoms with Gasteiger partial charge in [0.25, 0.3) is 0 Å². The van der Waals surface area contributed by atoms with Gasteiger partial charge < -0.3 is 5.32 Å². The fourth-order valence-corrected chi connectivity index (χ4v) is 6.80. The Kier molecular flexibility index (Phi) is 4.04. The number of carbonyl (C=O) groups excluding carboxylic acids is 1. The molecular weight excluding hydrogens is 286 g/mol.